The van der Waals surface area contributed by atoms with Gasteiger partial charge in [0.05, 0.1) is 21.4 Å². The third-order valence-corrected chi connectivity index (χ3v) is 3.98. The second kappa shape index (κ2) is 7.16. The van der Waals surface area contributed by atoms with Gasteiger partial charge in [0, 0.05) is 13.1 Å². The van der Waals surface area contributed by atoms with E-state index in [2.05, 4.69) is 10.4 Å². The van der Waals surface area contributed by atoms with Gasteiger partial charge in [-0.05, 0) is 38.6 Å². The normalized spacial score (nSPS) is 10.9. The molecular weight excluding hydrogens is 309 g/mol. The van der Waals surface area contributed by atoms with E-state index in [4.69, 9.17) is 27.9 Å². The van der Waals surface area contributed by atoms with Gasteiger partial charge < -0.3 is 10.1 Å². The third kappa shape index (κ3) is 3.70. The van der Waals surface area contributed by atoms with Crippen LogP contribution in [0, 0.1) is 6.92 Å². The highest BCUT2D eigenvalue weighted by Crippen LogP contribution is 2.28. The zero-order valence-corrected chi connectivity index (χ0v) is 13.9. The number of benzene rings is 1. The van der Waals surface area contributed by atoms with Gasteiger partial charge in [0.25, 0.3) is 0 Å². The van der Waals surface area contributed by atoms with E-state index in [0.29, 0.717) is 22.4 Å². The van der Waals surface area contributed by atoms with Crippen LogP contribution >= 0.6 is 23.2 Å². The lowest BCUT2D eigenvalue weighted by Gasteiger charge is -2.11. The SMILES string of the molecule is CCn1nc(C)c(Cl)c1COc1ccc(CNC)cc1Cl. The standard InChI is InChI=1S/C15H19Cl2N3O/c1-4-20-13(15(17)10(2)19-20)9-21-14-6-5-11(8-18-3)7-12(14)16/h5-7,18H,4,8-9H2,1-3H3. The van der Waals surface area contributed by atoms with E-state index >= 15 is 0 Å². The maximum atomic E-state index is 6.26. The first-order chi connectivity index (χ1) is 10.1. The van der Waals surface area contributed by atoms with Crippen molar-refractivity contribution in [2.75, 3.05) is 7.05 Å². The molecule has 1 heterocycles. The Bertz CT molecular complexity index is 626. The second-order valence-corrected chi connectivity index (χ2v) is 5.53. The highest BCUT2D eigenvalue weighted by atomic mass is 35.5. The Morgan fingerprint density at radius 1 is 1.33 bits per heavy atom. The van der Waals surface area contributed by atoms with E-state index in [0.717, 1.165) is 30.0 Å². The summed E-state index contributed by atoms with van der Waals surface area (Å²) in [7, 11) is 1.90. The van der Waals surface area contributed by atoms with Crippen molar-refractivity contribution in [3.05, 3.63) is 45.2 Å². The summed E-state index contributed by atoms with van der Waals surface area (Å²) < 4.78 is 7.64. The van der Waals surface area contributed by atoms with E-state index in [1.165, 1.54) is 0 Å². The number of hydrogen-bond acceptors (Lipinski definition) is 3. The third-order valence-electron chi connectivity index (χ3n) is 3.19. The molecule has 6 heteroatoms. The molecule has 0 saturated heterocycles. The molecule has 21 heavy (non-hydrogen) atoms. The summed E-state index contributed by atoms with van der Waals surface area (Å²) in [6, 6.07) is 5.77. The van der Waals surface area contributed by atoms with Crippen molar-refractivity contribution in [2.24, 2.45) is 0 Å². The van der Waals surface area contributed by atoms with Crippen LogP contribution in [-0.4, -0.2) is 16.8 Å². The predicted molar refractivity (Wildman–Crippen MR) is 86.2 cm³/mol. The van der Waals surface area contributed by atoms with Crippen LogP contribution < -0.4 is 10.1 Å². The van der Waals surface area contributed by atoms with Crippen LogP contribution in [-0.2, 0) is 19.7 Å². The van der Waals surface area contributed by atoms with Crippen LogP contribution in [0.15, 0.2) is 18.2 Å². The number of hydrogen-bond donors (Lipinski definition) is 1. The number of nitrogens with one attached hydrogen (secondary N) is 1. The number of halogens is 2. The van der Waals surface area contributed by atoms with Gasteiger partial charge in [-0.3, -0.25) is 4.68 Å². The first kappa shape index (κ1) is 16.1. The molecule has 114 valence electrons. The van der Waals surface area contributed by atoms with E-state index in [1.54, 1.807) is 0 Å². The van der Waals surface area contributed by atoms with E-state index < -0.39 is 0 Å². The van der Waals surface area contributed by atoms with Gasteiger partial charge in [0.15, 0.2) is 0 Å². The highest BCUT2D eigenvalue weighted by Gasteiger charge is 2.13. The van der Waals surface area contributed by atoms with Crippen molar-refractivity contribution < 1.29 is 4.74 Å². The van der Waals surface area contributed by atoms with Gasteiger partial charge in [-0.25, -0.2) is 0 Å². The second-order valence-electron chi connectivity index (χ2n) is 4.75. The quantitative estimate of drug-likeness (QED) is 0.876. The summed E-state index contributed by atoms with van der Waals surface area (Å²) in [6.45, 7) is 5.77. The van der Waals surface area contributed by atoms with E-state index in [-0.39, 0.29) is 0 Å². The molecule has 0 radical (unpaired) electrons. The Kier molecular flexibility index (Phi) is 5.51. The molecule has 0 aliphatic rings. The first-order valence-corrected chi connectivity index (χ1v) is 7.60. The summed E-state index contributed by atoms with van der Waals surface area (Å²) in [6.07, 6.45) is 0. The van der Waals surface area contributed by atoms with Crippen molar-refractivity contribution in [1.29, 1.82) is 0 Å². The molecule has 4 nitrogen and oxygen atoms in total. The molecule has 2 rings (SSSR count). The Morgan fingerprint density at radius 3 is 2.71 bits per heavy atom. The van der Waals surface area contributed by atoms with Crippen LogP contribution in [0.3, 0.4) is 0 Å². The van der Waals surface area contributed by atoms with Gasteiger partial charge in [-0.15, -0.1) is 0 Å². The Hall–Kier alpha value is -1.23. The maximum Gasteiger partial charge on any atom is 0.138 e. The average molecular weight is 328 g/mol. The van der Waals surface area contributed by atoms with E-state index in [1.807, 2.05) is 43.8 Å². The smallest absolute Gasteiger partial charge is 0.138 e. The monoisotopic (exact) mass is 327 g/mol. The molecular formula is C15H19Cl2N3O. The topological polar surface area (TPSA) is 39.1 Å². The van der Waals surface area contributed by atoms with Crippen molar-refractivity contribution in [3.8, 4) is 5.75 Å². The lowest BCUT2D eigenvalue weighted by Crippen LogP contribution is -2.07. The van der Waals surface area contributed by atoms with E-state index in [9.17, 15) is 0 Å². The first-order valence-electron chi connectivity index (χ1n) is 6.84. The molecule has 0 fully saturated rings. The molecule has 0 bridgehead atoms. The van der Waals surface area contributed by atoms with Crippen LogP contribution in [0.2, 0.25) is 10.0 Å². The predicted octanol–water partition coefficient (Wildman–Crippen LogP) is 3.82. The molecule has 0 saturated carbocycles. The fourth-order valence-corrected chi connectivity index (χ4v) is 2.58. The summed E-state index contributed by atoms with van der Waals surface area (Å²) in [5.74, 6) is 0.647. The average Bonchev–Trinajstić information content (AvgIpc) is 2.74. The summed E-state index contributed by atoms with van der Waals surface area (Å²) >= 11 is 12.5. The fourth-order valence-electron chi connectivity index (χ4n) is 2.13. The highest BCUT2D eigenvalue weighted by molar-refractivity contribution is 6.32. The summed E-state index contributed by atoms with van der Waals surface area (Å²) in [5.41, 5.74) is 2.79. The van der Waals surface area contributed by atoms with Gasteiger partial charge in [-0.1, -0.05) is 29.3 Å². The van der Waals surface area contributed by atoms with Crippen LogP contribution in [0.25, 0.3) is 0 Å². The van der Waals surface area contributed by atoms with Crippen LogP contribution in [0.1, 0.15) is 23.9 Å². The minimum atomic E-state index is 0.346. The maximum absolute atomic E-state index is 6.26. The Morgan fingerprint density at radius 2 is 2.10 bits per heavy atom. The van der Waals surface area contributed by atoms with Gasteiger partial charge in [-0.2, -0.15) is 5.10 Å². The Labute approximate surface area is 135 Å². The van der Waals surface area contributed by atoms with Gasteiger partial charge in [0.2, 0.25) is 0 Å². The minimum absolute atomic E-state index is 0.346. The molecule has 0 aliphatic carbocycles. The molecule has 1 N–H and O–H groups in total. The largest absolute Gasteiger partial charge is 0.486 e. The summed E-state index contributed by atoms with van der Waals surface area (Å²) in [5, 5.41) is 8.70. The van der Waals surface area contributed by atoms with Gasteiger partial charge in [0.1, 0.15) is 12.4 Å². The van der Waals surface area contributed by atoms with Crippen LogP contribution in [0.4, 0.5) is 0 Å². The van der Waals surface area contributed by atoms with Crippen molar-refractivity contribution in [1.82, 2.24) is 15.1 Å². The number of aryl methyl sites for hydroxylation is 2. The molecule has 0 amide bonds. The van der Waals surface area contributed by atoms with Gasteiger partial charge >= 0.3 is 0 Å². The lowest BCUT2D eigenvalue weighted by atomic mass is 10.2. The fraction of sp³-hybridized carbons (Fsp3) is 0.400. The molecule has 0 atom stereocenters. The molecule has 0 aliphatic heterocycles. The molecule has 2 aromatic rings. The number of rotatable bonds is 6. The zero-order chi connectivity index (χ0) is 15.4. The molecule has 1 aromatic carbocycles. The zero-order valence-electron chi connectivity index (χ0n) is 12.4. The minimum Gasteiger partial charge on any atom is -0.486 e. The van der Waals surface area contributed by atoms with Crippen molar-refractivity contribution >= 4 is 23.2 Å². The van der Waals surface area contributed by atoms with Crippen molar-refractivity contribution in [3.63, 3.8) is 0 Å². The number of ether oxygens (including phenoxy) is 1. The molecule has 0 unspecified atom stereocenters. The lowest BCUT2D eigenvalue weighted by molar-refractivity contribution is 0.292. The van der Waals surface area contributed by atoms with Crippen LogP contribution in [0.5, 0.6) is 5.75 Å². The summed E-state index contributed by atoms with van der Waals surface area (Å²) in [4.78, 5) is 0. The van der Waals surface area contributed by atoms with Crippen molar-refractivity contribution in [2.45, 2.75) is 33.5 Å². The Balaban J connectivity index is 2.13. The molecule has 0 spiro atoms. The number of nitrogens with zero attached hydrogens (tertiary/aromatic N) is 2. The molecule has 1 aromatic heterocycles. The number of aromatic nitrogens is 2.